The zero-order valence-electron chi connectivity index (χ0n) is 11.7. The Labute approximate surface area is 127 Å². The molecular weight excluding hydrogens is 288 g/mol. The molecule has 6 nitrogen and oxygen atoms in total. The molecule has 2 aromatic carbocycles. The van der Waals surface area contributed by atoms with Crippen LogP contribution in [-0.4, -0.2) is 57.7 Å². The molecule has 0 amide bonds. The Morgan fingerprint density at radius 2 is 1.64 bits per heavy atom. The molecule has 1 heterocycles. The number of aliphatic hydroxyl groups excluding tert-OH is 4. The number of rotatable bonds is 3. The number of hydrogen-bond acceptors (Lipinski definition) is 6. The Bertz CT molecular complexity index is 643. The van der Waals surface area contributed by atoms with E-state index in [4.69, 9.17) is 14.6 Å². The third-order valence-corrected chi connectivity index (χ3v) is 3.82. The van der Waals surface area contributed by atoms with Crippen molar-refractivity contribution in [3.05, 3.63) is 42.5 Å². The van der Waals surface area contributed by atoms with Gasteiger partial charge in [-0.2, -0.15) is 0 Å². The van der Waals surface area contributed by atoms with Crippen molar-refractivity contribution in [2.45, 2.75) is 30.7 Å². The number of benzene rings is 2. The van der Waals surface area contributed by atoms with Crippen molar-refractivity contribution in [1.29, 1.82) is 0 Å². The normalized spacial score (nSPS) is 32.1. The average Bonchev–Trinajstić information content (AvgIpc) is 2.55. The summed E-state index contributed by atoms with van der Waals surface area (Å²) in [4.78, 5) is 0. The van der Waals surface area contributed by atoms with Gasteiger partial charge in [-0.05, 0) is 22.9 Å². The number of aliphatic hydroxyl groups is 4. The van der Waals surface area contributed by atoms with Gasteiger partial charge in [-0.15, -0.1) is 0 Å². The maximum absolute atomic E-state index is 9.95. The van der Waals surface area contributed by atoms with Crippen LogP contribution in [0.3, 0.4) is 0 Å². The first-order chi connectivity index (χ1) is 10.6. The molecular formula is C16H18O6. The maximum atomic E-state index is 9.95. The molecule has 2 unspecified atom stereocenters. The second kappa shape index (κ2) is 6.20. The molecule has 118 valence electrons. The summed E-state index contributed by atoms with van der Waals surface area (Å²) in [5, 5.41) is 40.6. The van der Waals surface area contributed by atoms with Gasteiger partial charge in [-0.25, -0.2) is 0 Å². The van der Waals surface area contributed by atoms with Crippen LogP contribution in [0.5, 0.6) is 5.75 Å². The first-order valence-electron chi connectivity index (χ1n) is 7.06. The Morgan fingerprint density at radius 3 is 2.36 bits per heavy atom. The fourth-order valence-electron chi connectivity index (χ4n) is 2.54. The van der Waals surface area contributed by atoms with E-state index in [-0.39, 0.29) is 0 Å². The Balaban J connectivity index is 1.80. The Hall–Kier alpha value is -1.70. The van der Waals surface area contributed by atoms with Gasteiger partial charge in [0.2, 0.25) is 6.29 Å². The summed E-state index contributed by atoms with van der Waals surface area (Å²) in [5.41, 5.74) is 0. The molecule has 0 spiro atoms. The van der Waals surface area contributed by atoms with Gasteiger partial charge in [0, 0.05) is 0 Å². The summed E-state index contributed by atoms with van der Waals surface area (Å²) < 4.78 is 10.9. The lowest BCUT2D eigenvalue weighted by molar-refractivity contribution is -0.277. The van der Waals surface area contributed by atoms with Crippen molar-refractivity contribution >= 4 is 10.8 Å². The topological polar surface area (TPSA) is 99.4 Å². The maximum Gasteiger partial charge on any atom is 0.229 e. The van der Waals surface area contributed by atoms with E-state index in [1.165, 1.54) is 0 Å². The van der Waals surface area contributed by atoms with E-state index in [1.54, 1.807) is 12.1 Å². The van der Waals surface area contributed by atoms with E-state index in [0.717, 1.165) is 10.8 Å². The van der Waals surface area contributed by atoms with Gasteiger partial charge in [0.15, 0.2) is 0 Å². The molecule has 2 aromatic rings. The van der Waals surface area contributed by atoms with Crippen LogP contribution < -0.4 is 4.74 Å². The molecule has 0 aliphatic carbocycles. The van der Waals surface area contributed by atoms with Gasteiger partial charge in [-0.3, -0.25) is 0 Å². The smallest absolute Gasteiger partial charge is 0.229 e. The van der Waals surface area contributed by atoms with E-state index in [9.17, 15) is 15.3 Å². The lowest BCUT2D eigenvalue weighted by Crippen LogP contribution is -2.60. The lowest BCUT2D eigenvalue weighted by atomic mass is 9.99. The molecule has 1 saturated heterocycles. The van der Waals surface area contributed by atoms with Gasteiger partial charge in [-0.1, -0.05) is 30.3 Å². The van der Waals surface area contributed by atoms with Gasteiger partial charge in [0.1, 0.15) is 30.2 Å². The second-order valence-corrected chi connectivity index (χ2v) is 5.32. The minimum Gasteiger partial charge on any atom is -0.462 e. The van der Waals surface area contributed by atoms with Crippen LogP contribution in [-0.2, 0) is 4.74 Å². The molecule has 0 bridgehead atoms. The van der Waals surface area contributed by atoms with Crippen molar-refractivity contribution in [2.24, 2.45) is 0 Å². The first kappa shape index (κ1) is 15.2. The predicted molar refractivity (Wildman–Crippen MR) is 78.3 cm³/mol. The molecule has 1 fully saturated rings. The highest BCUT2D eigenvalue weighted by molar-refractivity contribution is 5.83. The van der Waals surface area contributed by atoms with E-state index < -0.39 is 37.3 Å². The summed E-state index contributed by atoms with van der Waals surface area (Å²) >= 11 is 0. The summed E-state index contributed by atoms with van der Waals surface area (Å²) in [6.45, 7) is -0.484. The van der Waals surface area contributed by atoms with Crippen LogP contribution in [0, 0.1) is 0 Å². The Morgan fingerprint density at radius 1 is 0.909 bits per heavy atom. The largest absolute Gasteiger partial charge is 0.462 e. The highest BCUT2D eigenvalue weighted by Gasteiger charge is 2.44. The summed E-state index contributed by atoms with van der Waals surface area (Å²) in [7, 11) is 0. The van der Waals surface area contributed by atoms with Crippen molar-refractivity contribution < 1.29 is 29.9 Å². The van der Waals surface area contributed by atoms with Crippen molar-refractivity contribution in [3.63, 3.8) is 0 Å². The molecule has 1 aliphatic heterocycles. The SMILES string of the molecule is OCC1O[C@@H](Oc2ccc3ccccc3c2)[C@@H](O)[C@H](O)C1O. The van der Waals surface area contributed by atoms with Gasteiger partial charge >= 0.3 is 0 Å². The number of hydrogen-bond donors (Lipinski definition) is 4. The van der Waals surface area contributed by atoms with Crippen molar-refractivity contribution in [3.8, 4) is 5.75 Å². The molecule has 0 aromatic heterocycles. The standard InChI is InChI=1S/C16H18O6/c17-8-12-13(18)14(19)15(20)16(22-12)21-11-6-5-9-3-1-2-4-10(9)7-11/h1-7,12-20H,8H2/t12?,13?,14-,15+,16-/m1/s1. The Kier molecular flexibility index (Phi) is 4.28. The van der Waals surface area contributed by atoms with Gasteiger partial charge < -0.3 is 29.9 Å². The molecule has 3 rings (SSSR count). The number of fused-ring (bicyclic) bond motifs is 1. The van der Waals surface area contributed by atoms with Gasteiger partial charge in [0.25, 0.3) is 0 Å². The third-order valence-electron chi connectivity index (χ3n) is 3.82. The lowest BCUT2D eigenvalue weighted by Gasteiger charge is -2.39. The van der Waals surface area contributed by atoms with Crippen LogP contribution in [0.1, 0.15) is 0 Å². The summed E-state index contributed by atoms with van der Waals surface area (Å²) in [5.74, 6) is 0.461. The highest BCUT2D eigenvalue weighted by atomic mass is 16.7. The molecule has 22 heavy (non-hydrogen) atoms. The monoisotopic (exact) mass is 306 g/mol. The summed E-state index contributed by atoms with van der Waals surface area (Å²) in [6, 6.07) is 13.1. The minimum atomic E-state index is -1.45. The van der Waals surface area contributed by atoms with Crippen LogP contribution in [0.4, 0.5) is 0 Å². The molecule has 0 radical (unpaired) electrons. The fourth-order valence-corrected chi connectivity index (χ4v) is 2.54. The van der Waals surface area contributed by atoms with E-state index in [2.05, 4.69) is 0 Å². The first-order valence-corrected chi connectivity index (χ1v) is 7.06. The van der Waals surface area contributed by atoms with Crippen molar-refractivity contribution in [1.82, 2.24) is 0 Å². The quantitative estimate of drug-likeness (QED) is 0.638. The zero-order chi connectivity index (χ0) is 15.7. The van der Waals surface area contributed by atoms with Gasteiger partial charge in [0.05, 0.1) is 6.61 Å². The molecule has 5 atom stereocenters. The molecule has 6 heteroatoms. The highest BCUT2D eigenvalue weighted by Crippen LogP contribution is 2.26. The summed E-state index contributed by atoms with van der Waals surface area (Å²) in [6.07, 6.45) is -6.40. The predicted octanol–water partition coefficient (Wildman–Crippen LogP) is 0.0185. The fraction of sp³-hybridized carbons (Fsp3) is 0.375. The third kappa shape index (κ3) is 2.79. The van der Waals surface area contributed by atoms with E-state index in [0.29, 0.717) is 5.75 Å². The van der Waals surface area contributed by atoms with Crippen LogP contribution in [0.2, 0.25) is 0 Å². The van der Waals surface area contributed by atoms with Crippen LogP contribution in [0.15, 0.2) is 42.5 Å². The zero-order valence-corrected chi connectivity index (χ0v) is 11.7. The van der Waals surface area contributed by atoms with Crippen LogP contribution >= 0.6 is 0 Å². The van der Waals surface area contributed by atoms with E-state index in [1.807, 2.05) is 30.3 Å². The second-order valence-electron chi connectivity index (χ2n) is 5.32. The minimum absolute atomic E-state index is 0.461. The van der Waals surface area contributed by atoms with Crippen LogP contribution in [0.25, 0.3) is 10.8 Å². The van der Waals surface area contributed by atoms with Crippen molar-refractivity contribution in [2.75, 3.05) is 6.61 Å². The molecule has 0 saturated carbocycles. The average molecular weight is 306 g/mol. The van der Waals surface area contributed by atoms with E-state index >= 15 is 0 Å². The molecule has 4 N–H and O–H groups in total. The number of ether oxygens (including phenoxy) is 2. The molecule has 1 aliphatic rings.